The number of carbonyl (C=O) groups is 1. The number of hydrogen-bond donors (Lipinski definition) is 3. The van der Waals surface area contributed by atoms with E-state index in [2.05, 4.69) is 15.3 Å². The average Bonchev–Trinajstić information content (AvgIpc) is 2.48. The lowest BCUT2D eigenvalue weighted by molar-refractivity contribution is 0.100. The Morgan fingerprint density at radius 1 is 1.00 bits per heavy atom. The molecular formula is C15H14ClN5O. The molecule has 0 saturated carbocycles. The molecule has 3 aromatic rings. The van der Waals surface area contributed by atoms with E-state index in [0.29, 0.717) is 17.3 Å². The minimum atomic E-state index is -0.465. The molecule has 1 heterocycles. The molecule has 0 unspecified atom stereocenters. The highest BCUT2D eigenvalue weighted by atomic mass is 35.5. The Labute approximate surface area is 133 Å². The first kappa shape index (κ1) is 15.5. The van der Waals surface area contributed by atoms with Crippen LogP contribution in [0.2, 0.25) is 0 Å². The maximum atomic E-state index is 11.0. The minimum absolute atomic E-state index is 0. The Balaban J connectivity index is 0.00000176. The van der Waals surface area contributed by atoms with Crippen LogP contribution in [0.15, 0.2) is 48.5 Å². The van der Waals surface area contributed by atoms with Crippen LogP contribution in [0.4, 0.5) is 17.5 Å². The van der Waals surface area contributed by atoms with E-state index in [1.807, 2.05) is 24.3 Å². The fourth-order valence-electron chi connectivity index (χ4n) is 2.00. The number of nitrogen functional groups attached to an aromatic ring is 1. The van der Waals surface area contributed by atoms with E-state index in [4.69, 9.17) is 11.5 Å². The minimum Gasteiger partial charge on any atom is -0.383 e. The number of primary amides is 1. The lowest BCUT2D eigenvalue weighted by Crippen LogP contribution is -2.10. The zero-order valence-corrected chi connectivity index (χ0v) is 12.3. The summed E-state index contributed by atoms with van der Waals surface area (Å²) in [5.74, 6) is 0.350. The number of halogens is 1. The number of anilines is 3. The number of amides is 1. The SMILES string of the molecule is Cl.NC(=O)c1ccc(Nc2nc(N)c3ccccc3n2)cc1. The van der Waals surface area contributed by atoms with E-state index in [-0.39, 0.29) is 12.4 Å². The smallest absolute Gasteiger partial charge is 0.248 e. The first-order valence-electron chi connectivity index (χ1n) is 6.32. The second-order valence-electron chi connectivity index (χ2n) is 4.52. The summed E-state index contributed by atoms with van der Waals surface area (Å²) >= 11 is 0. The third-order valence-corrected chi connectivity index (χ3v) is 3.06. The van der Waals surface area contributed by atoms with Crippen molar-refractivity contribution in [2.45, 2.75) is 0 Å². The Bertz CT molecular complexity index is 820. The number of aromatic nitrogens is 2. The predicted octanol–water partition coefficient (Wildman–Crippen LogP) is 2.48. The lowest BCUT2D eigenvalue weighted by Gasteiger charge is -2.08. The lowest BCUT2D eigenvalue weighted by atomic mass is 10.2. The van der Waals surface area contributed by atoms with Gasteiger partial charge in [0.2, 0.25) is 11.9 Å². The van der Waals surface area contributed by atoms with Crippen LogP contribution >= 0.6 is 12.4 Å². The van der Waals surface area contributed by atoms with Crippen LogP contribution in [0, 0.1) is 0 Å². The van der Waals surface area contributed by atoms with Gasteiger partial charge >= 0.3 is 0 Å². The van der Waals surface area contributed by atoms with E-state index < -0.39 is 5.91 Å². The summed E-state index contributed by atoms with van der Waals surface area (Å²) in [6, 6.07) is 14.2. The molecule has 0 aliphatic rings. The van der Waals surface area contributed by atoms with E-state index >= 15 is 0 Å². The molecule has 0 bridgehead atoms. The largest absolute Gasteiger partial charge is 0.383 e. The van der Waals surface area contributed by atoms with Crippen LogP contribution in [0.1, 0.15) is 10.4 Å². The van der Waals surface area contributed by atoms with Gasteiger partial charge in [0.25, 0.3) is 0 Å². The van der Waals surface area contributed by atoms with Crippen molar-refractivity contribution in [2.24, 2.45) is 5.73 Å². The molecule has 0 saturated heterocycles. The summed E-state index contributed by atoms with van der Waals surface area (Å²) in [5, 5.41) is 3.86. The number of nitrogens with zero attached hydrogens (tertiary/aromatic N) is 2. The van der Waals surface area contributed by atoms with E-state index in [0.717, 1.165) is 16.6 Å². The van der Waals surface area contributed by atoms with Crippen molar-refractivity contribution in [3.8, 4) is 0 Å². The fraction of sp³-hybridized carbons (Fsp3) is 0. The second kappa shape index (κ2) is 6.28. The fourth-order valence-corrected chi connectivity index (χ4v) is 2.00. The first-order valence-corrected chi connectivity index (χ1v) is 6.32. The molecular weight excluding hydrogens is 302 g/mol. The highest BCUT2D eigenvalue weighted by Crippen LogP contribution is 2.21. The molecule has 2 aromatic carbocycles. The molecule has 0 aliphatic heterocycles. The summed E-state index contributed by atoms with van der Waals surface area (Å²) < 4.78 is 0. The first-order chi connectivity index (χ1) is 10.1. The van der Waals surface area contributed by atoms with Crippen molar-refractivity contribution in [1.82, 2.24) is 9.97 Å². The van der Waals surface area contributed by atoms with Crippen LogP contribution in [-0.2, 0) is 0 Å². The number of hydrogen-bond acceptors (Lipinski definition) is 5. The Morgan fingerprint density at radius 3 is 2.36 bits per heavy atom. The zero-order valence-electron chi connectivity index (χ0n) is 11.5. The number of fused-ring (bicyclic) bond motifs is 1. The van der Waals surface area contributed by atoms with Crippen LogP contribution in [0.3, 0.4) is 0 Å². The summed E-state index contributed by atoms with van der Waals surface area (Å²) in [6.45, 7) is 0. The number of nitrogens with one attached hydrogen (secondary N) is 1. The van der Waals surface area contributed by atoms with Crippen LogP contribution in [0.25, 0.3) is 10.9 Å². The quantitative estimate of drug-likeness (QED) is 0.688. The third kappa shape index (κ3) is 3.07. The van der Waals surface area contributed by atoms with Gasteiger partial charge in [-0.15, -0.1) is 12.4 Å². The van der Waals surface area contributed by atoms with Crippen molar-refractivity contribution in [2.75, 3.05) is 11.1 Å². The molecule has 0 aliphatic carbocycles. The molecule has 0 atom stereocenters. The van der Waals surface area contributed by atoms with Crippen molar-refractivity contribution < 1.29 is 4.79 Å². The molecule has 22 heavy (non-hydrogen) atoms. The standard InChI is InChI=1S/C15H13N5O.ClH/c16-13-11-3-1-2-4-12(11)19-15(20-13)18-10-7-5-9(6-8-10)14(17)21;/h1-8H,(H2,17,21)(H3,16,18,19,20);1H. The molecule has 0 spiro atoms. The second-order valence-corrected chi connectivity index (χ2v) is 4.52. The van der Waals surface area contributed by atoms with Gasteiger partial charge in [0.05, 0.1) is 5.52 Å². The third-order valence-electron chi connectivity index (χ3n) is 3.06. The highest BCUT2D eigenvalue weighted by molar-refractivity contribution is 5.93. The van der Waals surface area contributed by atoms with Crippen LogP contribution < -0.4 is 16.8 Å². The van der Waals surface area contributed by atoms with Crippen LogP contribution in [0.5, 0.6) is 0 Å². The van der Waals surface area contributed by atoms with Crippen molar-refractivity contribution in [1.29, 1.82) is 0 Å². The van der Waals surface area contributed by atoms with Gasteiger partial charge in [-0.2, -0.15) is 4.98 Å². The summed E-state index contributed by atoms with van der Waals surface area (Å²) in [5.41, 5.74) is 13.1. The number of nitrogens with two attached hydrogens (primary N) is 2. The van der Waals surface area contributed by atoms with Gasteiger partial charge in [0.1, 0.15) is 5.82 Å². The molecule has 112 valence electrons. The topological polar surface area (TPSA) is 107 Å². The summed E-state index contributed by atoms with van der Waals surface area (Å²) in [4.78, 5) is 19.6. The van der Waals surface area contributed by atoms with Gasteiger partial charge < -0.3 is 16.8 Å². The van der Waals surface area contributed by atoms with E-state index in [9.17, 15) is 4.79 Å². The molecule has 5 N–H and O–H groups in total. The van der Waals surface area contributed by atoms with Crippen molar-refractivity contribution in [3.63, 3.8) is 0 Å². The van der Waals surface area contributed by atoms with Gasteiger partial charge in [-0.25, -0.2) is 4.98 Å². The van der Waals surface area contributed by atoms with Gasteiger partial charge in [-0.3, -0.25) is 4.79 Å². The Kier molecular flexibility index (Phi) is 4.43. The number of para-hydroxylation sites is 1. The molecule has 3 rings (SSSR count). The maximum absolute atomic E-state index is 11.0. The zero-order chi connectivity index (χ0) is 14.8. The van der Waals surface area contributed by atoms with Crippen molar-refractivity contribution in [3.05, 3.63) is 54.1 Å². The number of benzene rings is 2. The average molecular weight is 316 g/mol. The Morgan fingerprint density at radius 2 is 1.68 bits per heavy atom. The Hall–Kier alpha value is -2.86. The molecule has 1 aromatic heterocycles. The maximum Gasteiger partial charge on any atom is 0.248 e. The van der Waals surface area contributed by atoms with Gasteiger partial charge in [-0.05, 0) is 36.4 Å². The molecule has 1 amide bonds. The number of carbonyl (C=O) groups excluding carboxylic acids is 1. The summed E-state index contributed by atoms with van der Waals surface area (Å²) in [6.07, 6.45) is 0. The van der Waals surface area contributed by atoms with Gasteiger partial charge in [-0.1, -0.05) is 12.1 Å². The summed E-state index contributed by atoms with van der Waals surface area (Å²) in [7, 11) is 0. The molecule has 0 radical (unpaired) electrons. The van der Waals surface area contributed by atoms with E-state index in [1.54, 1.807) is 24.3 Å². The van der Waals surface area contributed by atoms with Gasteiger partial charge in [0, 0.05) is 16.6 Å². The number of rotatable bonds is 3. The molecule has 0 fully saturated rings. The van der Waals surface area contributed by atoms with Crippen molar-refractivity contribution >= 4 is 46.7 Å². The molecule has 6 nitrogen and oxygen atoms in total. The monoisotopic (exact) mass is 315 g/mol. The molecule has 7 heteroatoms. The van der Waals surface area contributed by atoms with Crippen LogP contribution in [-0.4, -0.2) is 15.9 Å². The normalized spacial score (nSPS) is 10.0. The van der Waals surface area contributed by atoms with E-state index in [1.165, 1.54) is 0 Å². The highest BCUT2D eigenvalue weighted by Gasteiger charge is 2.05. The predicted molar refractivity (Wildman–Crippen MR) is 89.4 cm³/mol. The van der Waals surface area contributed by atoms with Gasteiger partial charge in [0.15, 0.2) is 0 Å².